The number of hydrogen-bond acceptors (Lipinski definition) is 3. The Morgan fingerprint density at radius 2 is 2.18 bits per heavy atom. The molecule has 1 unspecified atom stereocenters. The van der Waals surface area contributed by atoms with Gasteiger partial charge in [0.25, 0.3) is 0 Å². The van der Waals surface area contributed by atoms with Crippen LogP contribution in [0.4, 0.5) is 0 Å². The van der Waals surface area contributed by atoms with E-state index in [1.54, 1.807) is 0 Å². The van der Waals surface area contributed by atoms with Gasteiger partial charge in [-0.15, -0.1) is 0 Å². The van der Waals surface area contributed by atoms with Crippen molar-refractivity contribution in [3.05, 3.63) is 34.3 Å². The largest absolute Gasteiger partial charge is 0.301 e. The second-order valence-corrected chi connectivity index (χ2v) is 5.05. The zero-order valence-electron chi connectivity index (χ0n) is 10.1. The molecule has 1 aromatic carbocycles. The number of nitrogens with zero attached hydrogens (tertiary/aromatic N) is 1. The average molecular weight is 300 g/mol. The maximum Gasteiger partial charge on any atom is 0.237 e. The molecule has 1 amide bonds. The van der Waals surface area contributed by atoms with Crippen molar-refractivity contribution in [3.63, 3.8) is 0 Å². The summed E-state index contributed by atoms with van der Waals surface area (Å²) >= 11 is 3.51. The van der Waals surface area contributed by atoms with Crippen molar-refractivity contribution in [1.82, 2.24) is 10.3 Å². The van der Waals surface area contributed by atoms with Gasteiger partial charge in [-0.25, -0.2) is 5.84 Å². The lowest BCUT2D eigenvalue weighted by atomic mass is 10.1. The van der Waals surface area contributed by atoms with Crippen LogP contribution in [0, 0.1) is 5.92 Å². The molecule has 0 heterocycles. The van der Waals surface area contributed by atoms with Gasteiger partial charge in [-0.3, -0.25) is 10.2 Å². The maximum absolute atomic E-state index is 11.3. The minimum atomic E-state index is -0.135. The molecule has 1 aromatic rings. The highest BCUT2D eigenvalue weighted by Crippen LogP contribution is 2.17. The summed E-state index contributed by atoms with van der Waals surface area (Å²) in [5.74, 6) is 4.85. The lowest BCUT2D eigenvalue weighted by Crippen LogP contribution is -2.39. The lowest BCUT2D eigenvalue weighted by molar-refractivity contribution is -0.125. The highest BCUT2D eigenvalue weighted by molar-refractivity contribution is 9.10. The molecule has 0 aliphatic rings. The Bertz CT molecular complexity index is 384. The molecular weight excluding hydrogens is 282 g/mol. The summed E-state index contributed by atoms with van der Waals surface area (Å²) in [7, 11) is 1.99. The van der Waals surface area contributed by atoms with Crippen LogP contribution in [0.1, 0.15) is 12.5 Å². The first-order chi connectivity index (χ1) is 8.04. The first-order valence-electron chi connectivity index (χ1n) is 5.47. The van der Waals surface area contributed by atoms with Crippen molar-refractivity contribution in [2.75, 3.05) is 13.6 Å². The topological polar surface area (TPSA) is 58.4 Å². The fraction of sp³-hybridized carbons (Fsp3) is 0.417. The van der Waals surface area contributed by atoms with Crippen LogP contribution >= 0.6 is 15.9 Å². The predicted octanol–water partition coefficient (Wildman–Crippen LogP) is 1.51. The van der Waals surface area contributed by atoms with Crippen LogP contribution in [0.3, 0.4) is 0 Å². The Kier molecular flexibility index (Phi) is 5.61. The number of amides is 1. The number of nitrogens with two attached hydrogens (primary N) is 1. The molecule has 3 N–H and O–H groups in total. The number of carbonyl (C=O) groups excluding carboxylic acids is 1. The number of nitrogens with one attached hydrogen (secondary N) is 1. The molecule has 94 valence electrons. The summed E-state index contributed by atoms with van der Waals surface area (Å²) in [5.41, 5.74) is 3.37. The first kappa shape index (κ1) is 14.2. The Balaban J connectivity index is 2.53. The summed E-state index contributed by atoms with van der Waals surface area (Å²) in [6.07, 6.45) is 0. The van der Waals surface area contributed by atoms with Crippen LogP contribution in [0.25, 0.3) is 0 Å². The van der Waals surface area contributed by atoms with Gasteiger partial charge in [-0.1, -0.05) is 41.1 Å². The number of benzene rings is 1. The van der Waals surface area contributed by atoms with E-state index in [-0.39, 0.29) is 11.8 Å². The zero-order chi connectivity index (χ0) is 12.8. The van der Waals surface area contributed by atoms with Gasteiger partial charge in [0.1, 0.15) is 0 Å². The van der Waals surface area contributed by atoms with Gasteiger partial charge < -0.3 is 4.90 Å². The Hall–Kier alpha value is -0.910. The van der Waals surface area contributed by atoms with Gasteiger partial charge >= 0.3 is 0 Å². The zero-order valence-corrected chi connectivity index (χ0v) is 11.7. The van der Waals surface area contributed by atoms with Crippen LogP contribution in [0.5, 0.6) is 0 Å². The molecule has 4 nitrogen and oxygen atoms in total. The molecule has 1 rings (SSSR count). The van der Waals surface area contributed by atoms with E-state index in [9.17, 15) is 4.79 Å². The van der Waals surface area contributed by atoms with Gasteiger partial charge in [-0.05, 0) is 18.7 Å². The average Bonchev–Trinajstić information content (AvgIpc) is 2.31. The lowest BCUT2D eigenvalue weighted by Gasteiger charge is -2.20. The molecule has 0 radical (unpaired) electrons. The third kappa shape index (κ3) is 4.46. The van der Waals surface area contributed by atoms with Crippen molar-refractivity contribution < 1.29 is 4.79 Å². The first-order valence-corrected chi connectivity index (χ1v) is 6.26. The Morgan fingerprint density at radius 3 is 2.76 bits per heavy atom. The van der Waals surface area contributed by atoms with Gasteiger partial charge in [0.15, 0.2) is 0 Å². The van der Waals surface area contributed by atoms with E-state index >= 15 is 0 Å². The van der Waals surface area contributed by atoms with Crippen molar-refractivity contribution in [1.29, 1.82) is 0 Å². The molecule has 17 heavy (non-hydrogen) atoms. The molecule has 5 heteroatoms. The summed E-state index contributed by atoms with van der Waals surface area (Å²) in [5, 5.41) is 0. The van der Waals surface area contributed by atoms with Crippen LogP contribution < -0.4 is 11.3 Å². The van der Waals surface area contributed by atoms with E-state index in [1.807, 2.05) is 32.2 Å². The highest BCUT2D eigenvalue weighted by Gasteiger charge is 2.14. The highest BCUT2D eigenvalue weighted by atomic mass is 79.9. The standard InChI is InChI=1S/C12H18BrN3O/c1-9(12(17)15-14)7-16(2)8-10-5-3-4-6-11(10)13/h3-6,9H,7-8,14H2,1-2H3,(H,15,17). The number of rotatable bonds is 5. The quantitative estimate of drug-likeness (QED) is 0.492. The number of carbonyl (C=O) groups is 1. The van der Waals surface area contributed by atoms with Crippen LogP contribution in [-0.4, -0.2) is 24.4 Å². The van der Waals surface area contributed by atoms with E-state index in [2.05, 4.69) is 32.3 Å². The summed E-state index contributed by atoms with van der Waals surface area (Å²) < 4.78 is 1.09. The summed E-state index contributed by atoms with van der Waals surface area (Å²) in [4.78, 5) is 13.4. The van der Waals surface area contributed by atoms with Crippen molar-refractivity contribution in [2.24, 2.45) is 11.8 Å². The van der Waals surface area contributed by atoms with Gasteiger partial charge in [-0.2, -0.15) is 0 Å². The van der Waals surface area contributed by atoms with E-state index in [0.717, 1.165) is 11.0 Å². The van der Waals surface area contributed by atoms with E-state index in [1.165, 1.54) is 5.56 Å². The minimum Gasteiger partial charge on any atom is -0.301 e. The molecule has 1 atom stereocenters. The van der Waals surface area contributed by atoms with Gasteiger partial charge in [0.2, 0.25) is 5.91 Å². The van der Waals surface area contributed by atoms with E-state index < -0.39 is 0 Å². The molecule has 0 aliphatic heterocycles. The van der Waals surface area contributed by atoms with Crippen molar-refractivity contribution in [3.8, 4) is 0 Å². The Labute approximate surface area is 110 Å². The maximum atomic E-state index is 11.3. The third-order valence-electron chi connectivity index (χ3n) is 2.57. The summed E-state index contributed by atoms with van der Waals surface area (Å²) in [6, 6.07) is 8.06. The molecule has 0 aliphatic carbocycles. The molecule has 0 saturated carbocycles. The number of hydrogen-bond donors (Lipinski definition) is 2. The van der Waals surface area contributed by atoms with E-state index in [0.29, 0.717) is 6.54 Å². The normalized spacial score (nSPS) is 12.5. The predicted molar refractivity (Wildman–Crippen MR) is 72.0 cm³/mol. The number of halogens is 1. The molecular formula is C12H18BrN3O. The SMILES string of the molecule is CC(CN(C)Cc1ccccc1Br)C(=O)NN. The fourth-order valence-electron chi connectivity index (χ4n) is 1.67. The second-order valence-electron chi connectivity index (χ2n) is 4.20. The van der Waals surface area contributed by atoms with Crippen LogP contribution in [0.2, 0.25) is 0 Å². The molecule has 0 spiro atoms. The molecule has 0 bridgehead atoms. The Morgan fingerprint density at radius 1 is 1.53 bits per heavy atom. The van der Waals surface area contributed by atoms with Crippen LogP contribution in [0.15, 0.2) is 28.7 Å². The second kappa shape index (κ2) is 6.74. The minimum absolute atomic E-state index is 0.118. The fourth-order valence-corrected chi connectivity index (χ4v) is 2.08. The van der Waals surface area contributed by atoms with Gasteiger partial charge in [0, 0.05) is 23.5 Å². The smallest absolute Gasteiger partial charge is 0.237 e. The van der Waals surface area contributed by atoms with Crippen molar-refractivity contribution in [2.45, 2.75) is 13.5 Å². The molecule has 0 fully saturated rings. The van der Waals surface area contributed by atoms with E-state index in [4.69, 9.17) is 5.84 Å². The third-order valence-corrected chi connectivity index (χ3v) is 3.35. The van der Waals surface area contributed by atoms with Gasteiger partial charge in [0.05, 0.1) is 0 Å². The summed E-state index contributed by atoms with van der Waals surface area (Å²) in [6.45, 7) is 3.33. The van der Waals surface area contributed by atoms with Crippen molar-refractivity contribution >= 4 is 21.8 Å². The monoisotopic (exact) mass is 299 g/mol. The molecule has 0 saturated heterocycles. The number of hydrazine groups is 1. The molecule has 0 aromatic heterocycles. The van der Waals surface area contributed by atoms with Crippen LogP contribution in [-0.2, 0) is 11.3 Å².